The second kappa shape index (κ2) is 7.28. The predicted molar refractivity (Wildman–Crippen MR) is 68.5 cm³/mol. The van der Waals surface area contributed by atoms with Crippen LogP contribution in [0.1, 0.15) is 25.1 Å². The molecule has 0 amide bonds. The van der Waals surface area contributed by atoms with Gasteiger partial charge in [0.25, 0.3) is 0 Å². The summed E-state index contributed by atoms with van der Waals surface area (Å²) in [5, 5.41) is 5.66. The summed E-state index contributed by atoms with van der Waals surface area (Å²) in [5.41, 5.74) is 8.19. The summed E-state index contributed by atoms with van der Waals surface area (Å²) in [6, 6.07) is 4.76. The van der Waals surface area contributed by atoms with Crippen LogP contribution in [0.5, 0.6) is 0 Å². The Hall–Kier alpha value is -1.03. The minimum absolute atomic E-state index is 0.521. The van der Waals surface area contributed by atoms with Crippen molar-refractivity contribution in [2.24, 2.45) is 5.11 Å². The Labute approximate surface area is 101 Å². The standard InChI is InChI=1S/C11H18N4S/c1-10(2)15(7-4-6-13-14-12)9-11-5-3-8-16-11/h3,5,8,10H,4,6-7,9H2,1-2H3. The quantitative estimate of drug-likeness (QED) is 0.309. The molecule has 0 spiro atoms. The highest BCUT2D eigenvalue weighted by atomic mass is 32.1. The Bertz CT molecular complexity index is 328. The first-order chi connectivity index (χ1) is 7.74. The monoisotopic (exact) mass is 238 g/mol. The fourth-order valence-electron chi connectivity index (χ4n) is 1.51. The lowest BCUT2D eigenvalue weighted by Crippen LogP contribution is -2.31. The second-order valence-electron chi connectivity index (χ2n) is 3.95. The van der Waals surface area contributed by atoms with Gasteiger partial charge in [-0.2, -0.15) is 0 Å². The minimum atomic E-state index is 0.521. The van der Waals surface area contributed by atoms with Crippen LogP contribution < -0.4 is 0 Å². The number of thiophene rings is 1. The Morgan fingerprint density at radius 2 is 2.38 bits per heavy atom. The van der Waals surface area contributed by atoms with Crippen molar-refractivity contribution in [1.29, 1.82) is 0 Å². The number of rotatable bonds is 7. The number of hydrogen-bond donors (Lipinski definition) is 0. The number of azide groups is 1. The Kier molecular flexibility index (Phi) is 5.93. The van der Waals surface area contributed by atoms with E-state index in [1.54, 1.807) is 11.3 Å². The van der Waals surface area contributed by atoms with E-state index in [0.717, 1.165) is 19.5 Å². The molecule has 4 nitrogen and oxygen atoms in total. The lowest BCUT2D eigenvalue weighted by Gasteiger charge is -2.25. The lowest BCUT2D eigenvalue weighted by molar-refractivity contribution is 0.213. The van der Waals surface area contributed by atoms with Crippen LogP contribution in [-0.2, 0) is 6.54 Å². The van der Waals surface area contributed by atoms with Gasteiger partial charge in [0.2, 0.25) is 0 Å². The summed E-state index contributed by atoms with van der Waals surface area (Å²) >= 11 is 1.79. The van der Waals surface area contributed by atoms with Gasteiger partial charge in [0.1, 0.15) is 0 Å². The van der Waals surface area contributed by atoms with Gasteiger partial charge in [-0.3, -0.25) is 4.90 Å². The molecule has 0 N–H and O–H groups in total. The normalized spacial score (nSPS) is 10.8. The zero-order chi connectivity index (χ0) is 11.8. The van der Waals surface area contributed by atoms with E-state index in [1.165, 1.54) is 4.88 Å². The zero-order valence-corrected chi connectivity index (χ0v) is 10.7. The van der Waals surface area contributed by atoms with Crippen molar-refractivity contribution < 1.29 is 0 Å². The van der Waals surface area contributed by atoms with Gasteiger partial charge in [-0.1, -0.05) is 11.2 Å². The van der Waals surface area contributed by atoms with Gasteiger partial charge in [0, 0.05) is 28.9 Å². The maximum absolute atomic E-state index is 8.19. The fraction of sp³-hybridized carbons (Fsp3) is 0.636. The van der Waals surface area contributed by atoms with Crippen molar-refractivity contribution in [1.82, 2.24) is 4.90 Å². The van der Waals surface area contributed by atoms with Gasteiger partial charge in [0.05, 0.1) is 0 Å². The SMILES string of the molecule is CC(C)N(CCCN=[N+]=[N-])Cc1cccs1. The molecule has 1 aromatic rings. The molecule has 0 aromatic carbocycles. The van der Waals surface area contributed by atoms with Crippen molar-refractivity contribution in [3.63, 3.8) is 0 Å². The van der Waals surface area contributed by atoms with E-state index in [9.17, 15) is 0 Å². The van der Waals surface area contributed by atoms with Crippen LogP contribution in [0.25, 0.3) is 10.4 Å². The van der Waals surface area contributed by atoms with Crippen LogP contribution in [0.3, 0.4) is 0 Å². The average Bonchev–Trinajstić information content (AvgIpc) is 2.75. The molecule has 0 aliphatic rings. The van der Waals surface area contributed by atoms with Crippen LogP contribution in [0.15, 0.2) is 22.6 Å². The van der Waals surface area contributed by atoms with E-state index < -0.39 is 0 Å². The molecule has 0 saturated heterocycles. The molecule has 1 rings (SSSR count). The molecule has 0 radical (unpaired) electrons. The zero-order valence-electron chi connectivity index (χ0n) is 9.83. The van der Waals surface area contributed by atoms with E-state index in [1.807, 2.05) is 0 Å². The Morgan fingerprint density at radius 1 is 1.56 bits per heavy atom. The summed E-state index contributed by atoms with van der Waals surface area (Å²) in [5.74, 6) is 0. The van der Waals surface area contributed by atoms with Crippen molar-refractivity contribution in [3.8, 4) is 0 Å². The van der Waals surface area contributed by atoms with Crippen molar-refractivity contribution in [3.05, 3.63) is 32.8 Å². The van der Waals surface area contributed by atoms with E-state index in [0.29, 0.717) is 12.6 Å². The summed E-state index contributed by atoms with van der Waals surface area (Å²) in [7, 11) is 0. The van der Waals surface area contributed by atoms with Crippen molar-refractivity contribution in [2.75, 3.05) is 13.1 Å². The molecule has 0 unspecified atom stereocenters. The van der Waals surface area contributed by atoms with Gasteiger partial charge >= 0.3 is 0 Å². The predicted octanol–water partition coefficient (Wildman–Crippen LogP) is 3.66. The van der Waals surface area contributed by atoms with E-state index in [-0.39, 0.29) is 0 Å². The van der Waals surface area contributed by atoms with Gasteiger partial charge in [-0.05, 0) is 43.8 Å². The van der Waals surface area contributed by atoms with Gasteiger partial charge < -0.3 is 0 Å². The first kappa shape index (κ1) is 13.0. The fourth-order valence-corrected chi connectivity index (χ4v) is 2.24. The molecular formula is C11H18N4S. The largest absolute Gasteiger partial charge is 0.296 e. The van der Waals surface area contributed by atoms with Gasteiger partial charge in [0.15, 0.2) is 0 Å². The number of hydrogen-bond acceptors (Lipinski definition) is 3. The third kappa shape index (κ3) is 4.66. The summed E-state index contributed by atoms with van der Waals surface area (Å²) < 4.78 is 0. The second-order valence-corrected chi connectivity index (χ2v) is 4.98. The van der Waals surface area contributed by atoms with Gasteiger partial charge in [-0.25, -0.2) is 0 Å². The van der Waals surface area contributed by atoms with Crippen LogP contribution in [0.4, 0.5) is 0 Å². The van der Waals surface area contributed by atoms with Crippen LogP contribution in [-0.4, -0.2) is 24.0 Å². The van der Waals surface area contributed by atoms with E-state index in [2.05, 4.69) is 46.3 Å². The smallest absolute Gasteiger partial charge is 0.0330 e. The summed E-state index contributed by atoms with van der Waals surface area (Å²) in [6.45, 7) is 6.95. The Balaban J connectivity index is 2.38. The first-order valence-electron chi connectivity index (χ1n) is 5.51. The highest BCUT2D eigenvalue weighted by Crippen LogP contribution is 2.14. The summed E-state index contributed by atoms with van der Waals surface area (Å²) in [6.07, 6.45) is 0.924. The first-order valence-corrected chi connectivity index (χ1v) is 6.39. The number of nitrogens with zero attached hydrogens (tertiary/aromatic N) is 4. The average molecular weight is 238 g/mol. The molecule has 1 aromatic heterocycles. The molecule has 0 fully saturated rings. The van der Waals surface area contributed by atoms with E-state index in [4.69, 9.17) is 5.53 Å². The molecule has 0 aliphatic heterocycles. The molecule has 88 valence electrons. The minimum Gasteiger partial charge on any atom is -0.296 e. The topological polar surface area (TPSA) is 52.0 Å². The van der Waals surface area contributed by atoms with Crippen LogP contribution in [0, 0.1) is 0 Å². The van der Waals surface area contributed by atoms with Crippen LogP contribution in [0.2, 0.25) is 0 Å². The van der Waals surface area contributed by atoms with Gasteiger partial charge in [-0.15, -0.1) is 11.3 Å². The molecular weight excluding hydrogens is 220 g/mol. The third-order valence-corrected chi connectivity index (χ3v) is 3.30. The molecule has 0 bridgehead atoms. The molecule has 1 heterocycles. The molecule has 16 heavy (non-hydrogen) atoms. The maximum atomic E-state index is 8.19. The van der Waals surface area contributed by atoms with Crippen LogP contribution >= 0.6 is 11.3 Å². The third-order valence-electron chi connectivity index (χ3n) is 2.44. The Morgan fingerprint density at radius 3 is 2.94 bits per heavy atom. The van der Waals surface area contributed by atoms with Crippen molar-refractivity contribution >= 4 is 11.3 Å². The summed E-state index contributed by atoms with van der Waals surface area (Å²) in [4.78, 5) is 6.55. The lowest BCUT2D eigenvalue weighted by atomic mass is 10.2. The molecule has 0 aliphatic carbocycles. The van der Waals surface area contributed by atoms with Crippen molar-refractivity contribution in [2.45, 2.75) is 32.9 Å². The maximum Gasteiger partial charge on any atom is 0.0330 e. The van der Waals surface area contributed by atoms with E-state index >= 15 is 0 Å². The highest BCUT2D eigenvalue weighted by Gasteiger charge is 2.09. The molecule has 0 saturated carbocycles. The molecule has 5 heteroatoms. The molecule has 0 atom stereocenters. The highest BCUT2D eigenvalue weighted by molar-refractivity contribution is 7.09.